The van der Waals surface area contributed by atoms with Gasteiger partial charge in [0.25, 0.3) is 0 Å². The summed E-state index contributed by atoms with van der Waals surface area (Å²) in [4.78, 5) is -0.602. The highest BCUT2D eigenvalue weighted by atomic mass is 35.5. The molecule has 4 fully saturated rings. The maximum atomic E-state index is 14.7. The van der Waals surface area contributed by atoms with Crippen molar-refractivity contribution in [3.63, 3.8) is 0 Å². The Morgan fingerprint density at radius 1 is 0.975 bits per heavy atom. The van der Waals surface area contributed by atoms with Crippen LogP contribution in [0.5, 0.6) is 0 Å². The summed E-state index contributed by atoms with van der Waals surface area (Å²) in [6.07, 6.45) is 12.9. The molecule has 0 heterocycles. The lowest BCUT2D eigenvalue weighted by Crippen LogP contribution is -2.68. The van der Waals surface area contributed by atoms with Gasteiger partial charge in [0.05, 0.1) is 11.5 Å². The number of allylic oxidation sites excluding steroid dienone is 2. The van der Waals surface area contributed by atoms with Crippen LogP contribution < -0.4 is 5.73 Å². The molecular formula is C36H53ClFNO. The molecule has 40 heavy (non-hydrogen) atoms. The molecule has 3 N–H and O–H groups in total. The van der Waals surface area contributed by atoms with Gasteiger partial charge in [0.15, 0.2) is 0 Å². The second-order valence-corrected chi connectivity index (χ2v) is 17.4. The van der Waals surface area contributed by atoms with Crippen LogP contribution in [0.3, 0.4) is 0 Å². The van der Waals surface area contributed by atoms with Gasteiger partial charge in [-0.3, -0.25) is 0 Å². The van der Waals surface area contributed by atoms with Crippen LogP contribution in [-0.2, 0) is 0 Å². The Morgan fingerprint density at radius 3 is 2.38 bits per heavy atom. The zero-order valence-corrected chi connectivity index (χ0v) is 26.8. The quantitative estimate of drug-likeness (QED) is 0.357. The lowest BCUT2D eigenvalue weighted by atomic mass is 9.33. The molecule has 0 radical (unpaired) electrons. The van der Waals surface area contributed by atoms with Gasteiger partial charge in [-0.15, -0.1) is 11.6 Å². The highest BCUT2D eigenvalue weighted by Crippen LogP contribution is 2.76. The fourth-order valence-corrected chi connectivity index (χ4v) is 12.6. The van der Waals surface area contributed by atoms with E-state index in [2.05, 4.69) is 46.8 Å². The zero-order valence-electron chi connectivity index (χ0n) is 26.0. The van der Waals surface area contributed by atoms with E-state index >= 15 is 0 Å². The molecule has 5 aliphatic carbocycles. The first kappa shape index (κ1) is 29.2. The second-order valence-electron chi connectivity index (χ2n) is 16.5. The number of aliphatic hydroxyl groups is 1. The van der Waals surface area contributed by atoms with Gasteiger partial charge in [0.1, 0.15) is 5.82 Å². The van der Waals surface area contributed by atoms with Crippen LogP contribution in [0.15, 0.2) is 24.3 Å². The van der Waals surface area contributed by atoms with Gasteiger partial charge in [0.2, 0.25) is 0 Å². The standard InChI is InChI=1S/C36H53ClFNO/c1-22-8-9-23(20-27(22)38)24-12-15-32(4)28(31(24,2)3)14-16-34(6)29(32)11-10-25-30-26(35(7,37)21-40)13-17-36(30,39)19-18-33(25,34)5/h8-9,12,20,25-26,28-30,40H,10-11,13-19,21,39H2,1-7H3/t25-,26-,28+,29-,30+,32+,33-,34-,35?,36+/m1/s1. The number of hydrogen-bond acceptors (Lipinski definition) is 2. The molecule has 10 atom stereocenters. The number of aliphatic hydroxyl groups excluding tert-OH is 1. The molecule has 1 aromatic carbocycles. The third kappa shape index (κ3) is 3.71. The van der Waals surface area contributed by atoms with Gasteiger partial charge in [0, 0.05) is 5.54 Å². The van der Waals surface area contributed by atoms with E-state index in [0.717, 1.165) is 31.2 Å². The van der Waals surface area contributed by atoms with E-state index in [9.17, 15) is 9.50 Å². The zero-order chi connectivity index (χ0) is 29.1. The molecule has 1 aromatic rings. The Hall–Kier alpha value is -0.900. The lowest BCUT2D eigenvalue weighted by Gasteiger charge is -2.72. The largest absolute Gasteiger partial charge is 0.395 e. The number of aryl methyl sites for hydroxylation is 1. The van der Waals surface area contributed by atoms with Crippen molar-refractivity contribution in [2.45, 2.75) is 117 Å². The molecule has 6 rings (SSSR count). The Bertz CT molecular complexity index is 1220. The summed E-state index contributed by atoms with van der Waals surface area (Å²) in [6.45, 7) is 16.6. The number of fused-ring (bicyclic) bond motifs is 7. The first-order valence-corrected chi connectivity index (χ1v) is 16.5. The Kier molecular flexibility index (Phi) is 6.61. The van der Waals surface area contributed by atoms with Crippen LogP contribution >= 0.6 is 11.6 Å². The molecule has 4 heteroatoms. The van der Waals surface area contributed by atoms with Crippen molar-refractivity contribution in [1.82, 2.24) is 0 Å². The van der Waals surface area contributed by atoms with Crippen molar-refractivity contribution in [1.29, 1.82) is 0 Å². The van der Waals surface area contributed by atoms with Crippen LogP contribution in [0.2, 0.25) is 0 Å². The van der Waals surface area contributed by atoms with Crippen molar-refractivity contribution in [2.75, 3.05) is 6.61 Å². The SMILES string of the molecule is Cc1ccc(C2=CC[C@]3(C)[C@H]4CC[C@@H]5[C@H]6[C@H](C(C)(Cl)CO)CC[C@]6(N)CC[C@@]5(C)[C@]4(C)CC[C@H]3C2(C)C)cc1F. The summed E-state index contributed by atoms with van der Waals surface area (Å²) in [7, 11) is 0. The van der Waals surface area contributed by atoms with E-state index in [0.29, 0.717) is 29.2 Å². The van der Waals surface area contributed by atoms with Gasteiger partial charge < -0.3 is 10.8 Å². The minimum absolute atomic E-state index is 0.00906. The van der Waals surface area contributed by atoms with Gasteiger partial charge >= 0.3 is 0 Å². The van der Waals surface area contributed by atoms with E-state index < -0.39 is 4.87 Å². The number of alkyl halides is 1. The Morgan fingerprint density at radius 2 is 1.70 bits per heavy atom. The van der Waals surface area contributed by atoms with Crippen LogP contribution in [-0.4, -0.2) is 22.1 Å². The summed E-state index contributed by atoms with van der Waals surface area (Å²) >= 11 is 7.05. The topological polar surface area (TPSA) is 46.2 Å². The molecule has 0 spiro atoms. The third-order valence-corrected chi connectivity index (χ3v) is 15.0. The number of hydrogen-bond donors (Lipinski definition) is 2. The molecule has 2 nitrogen and oxygen atoms in total. The Balaban J connectivity index is 1.37. The number of nitrogens with two attached hydrogens (primary N) is 1. The molecule has 0 saturated heterocycles. The molecule has 0 amide bonds. The summed E-state index contributed by atoms with van der Waals surface area (Å²) < 4.78 is 14.7. The fourth-order valence-electron chi connectivity index (χ4n) is 12.3. The monoisotopic (exact) mass is 569 g/mol. The highest BCUT2D eigenvalue weighted by Gasteiger charge is 2.70. The molecule has 0 aromatic heterocycles. The second kappa shape index (κ2) is 9.06. The predicted molar refractivity (Wildman–Crippen MR) is 164 cm³/mol. The maximum Gasteiger partial charge on any atom is 0.126 e. The predicted octanol–water partition coefficient (Wildman–Crippen LogP) is 8.91. The molecule has 222 valence electrons. The molecule has 0 aliphatic heterocycles. The normalized spacial score (nSPS) is 47.3. The average Bonchev–Trinajstić information content (AvgIpc) is 3.24. The van der Waals surface area contributed by atoms with Gasteiger partial charge in [-0.25, -0.2) is 4.39 Å². The summed E-state index contributed by atoms with van der Waals surface area (Å²) in [5.74, 6) is 2.34. The van der Waals surface area contributed by atoms with E-state index in [-0.39, 0.29) is 45.5 Å². The number of rotatable bonds is 3. The highest BCUT2D eigenvalue weighted by molar-refractivity contribution is 6.24. The van der Waals surface area contributed by atoms with Gasteiger partial charge in [-0.1, -0.05) is 52.8 Å². The van der Waals surface area contributed by atoms with Gasteiger partial charge in [-0.05, 0) is 146 Å². The van der Waals surface area contributed by atoms with Crippen molar-refractivity contribution in [3.8, 4) is 0 Å². The summed E-state index contributed by atoms with van der Waals surface area (Å²) in [6, 6.07) is 5.83. The molecule has 5 aliphatic rings. The molecule has 4 saturated carbocycles. The van der Waals surface area contributed by atoms with Crippen LogP contribution in [0.4, 0.5) is 4.39 Å². The first-order valence-electron chi connectivity index (χ1n) is 16.1. The van der Waals surface area contributed by atoms with Crippen LogP contribution in [0.25, 0.3) is 5.57 Å². The minimum Gasteiger partial charge on any atom is -0.395 e. The van der Waals surface area contributed by atoms with E-state index in [4.69, 9.17) is 17.3 Å². The fraction of sp³-hybridized carbons (Fsp3) is 0.778. The van der Waals surface area contributed by atoms with E-state index in [1.54, 1.807) is 6.07 Å². The van der Waals surface area contributed by atoms with E-state index in [1.165, 1.54) is 37.7 Å². The number of halogens is 2. The Labute approximate surface area is 247 Å². The molecule has 1 unspecified atom stereocenters. The summed E-state index contributed by atoms with van der Waals surface area (Å²) in [5.41, 5.74) is 10.9. The lowest BCUT2D eigenvalue weighted by molar-refractivity contribution is -0.219. The van der Waals surface area contributed by atoms with Crippen molar-refractivity contribution >= 4 is 17.2 Å². The van der Waals surface area contributed by atoms with Crippen molar-refractivity contribution in [3.05, 3.63) is 41.2 Å². The van der Waals surface area contributed by atoms with Crippen LogP contribution in [0, 0.1) is 64.0 Å². The smallest absolute Gasteiger partial charge is 0.126 e. The maximum absolute atomic E-state index is 14.7. The average molecular weight is 570 g/mol. The first-order chi connectivity index (χ1) is 18.6. The van der Waals surface area contributed by atoms with Crippen molar-refractivity contribution in [2.24, 2.45) is 57.0 Å². The van der Waals surface area contributed by atoms with Crippen molar-refractivity contribution < 1.29 is 9.50 Å². The third-order valence-electron chi connectivity index (χ3n) is 14.6. The molecular weight excluding hydrogens is 517 g/mol. The van der Waals surface area contributed by atoms with Gasteiger partial charge in [-0.2, -0.15) is 0 Å². The van der Waals surface area contributed by atoms with E-state index in [1.807, 2.05) is 19.9 Å². The summed E-state index contributed by atoms with van der Waals surface area (Å²) in [5, 5.41) is 10.3. The molecule has 0 bridgehead atoms. The minimum atomic E-state index is -0.602. The number of benzene rings is 1. The van der Waals surface area contributed by atoms with Crippen LogP contribution in [0.1, 0.15) is 110 Å².